The fraction of sp³-hybridized carbons (Fsp3) is 0.579. The van der Waals surface area contributed by atoms with Gasteiger partial charge in [-0.3, -0.25) is 4.79 Å². The molecule has 5 nitrogen and oxygen atoms in total. The molecule has 0 radical (unpaired) electrons. The molecule has 1 saturated heterocycles. The number of likely N-dealkylation sites (tertiary alicyclic amines) is 1. The minimum absolute atomic E-state index is 0.0395. The molecule has 2 aliphatic rings. The minimum Gasteiger partial charge on any atom is -0.343 e. The van der Waals surface area contributed by atoms with Crippen molar-refractivity contribution in [2.24, 2.45) is 5.92 Å². The standard InChI is InChI=1S/C19H27N3O2/c1-14(23)21(2)17-8-10-22(11-9-17)19(24)20-13-16-12-18(16)15-6-4-3-5-7-15/h3-7,16-18H,8-13H2,1-2H3,(H,20,24)/t16-,18-/m0/s1. The van der Waals surface area contributed by atoms with Crippen molar-refractivity contribution in [3.05, 3.63) is 35.9 Å². The van der Waals surface area contributed by atoms with E-state index >= 15 is 0 Å². The summed E-state index contributed by atoms with van der Waals surface area (Å²) in [5.74, 6) is 1.26. The maximum absolute atomic E-state index is 12.3. The van der Waals surface area contributed by atoms with E-state index in [-0.39, 0.29) is 18.0 Å². The van der Waals surface area contributed by atoms with E-state index in [0.717, 1.165) is 38.9 Å². The Morgan fingerprint density at radius 1 is 1.21 bits per heavy atom. The third kappa shape index (κ3) is 3.89. The molecule has 2 atom stereocenters. The number of carbonyl (C=O) groups is 2. The van der Waals surface area contributed by atoms with E-state index in [1.54, 1.807) is 11.8 Å². The Labute approximate surface area is 144 Å². The predicted octanol–water partition coefficient (Wildman–Crippen LogP) is 2.44. The van der Waals surface area contributed by atoms with Crippen LogP contribution in [0.2, 0.25) is 0 Å². The normalized spacial score (nSPS) is 23.7. The third-order valence-corrected chi connectivity index (χ3v) is 5.46. The van der Waals surface area contributed by atoms with E-state index in [1.165, 1.54) is 5.56 Å². The van der Waals surface area contributed by atoms with E-state index in [0.29, 0.717) is 11.8 Å². The number of hydrogen-bond acceptors (Lipinski definition) is 2. The molecule has 1 saturated carbocycles. The van der Waals surface area contributed by atoms with Crippen molar-refractivity contribution in [2.75, 3.05) is 26.7 Å². The number of urea groups is 1. The summed E-state index contributed by atoms with van der Waals surface area (Å²) in [5, 5.41) is 3.09. The average molecular weight is 329 g/mol. The monoisotopic (exact) mass is 329 g/mol. The van der Waals surface area contributed by atoms with Gasteiger partial charge in [-0.25, -0.2) is 4.79 Å². The lowest BCUT2D eigenvalue weighted by Crippen LogP contribution is -2.49. The molecule has 2 fully saturated rings. The van der Waals surface area contributed by atoms with Crippen LogP contribution in [0, 0.1) is 5.92 Å². The Morgan fingerprint density at radius 3 is 2.50 bits per heavy atom. The molecule has 0 aromatic heterocycles. The second-order valence-electron chi connectivity index (χ2n) is 7.05. The first-order valence-corrected chi connectivity index (χ1v) is 8.87. The van der Waals surface area contributed by atoms with Crippen molar-refractivity contribution in [3.8, 4) is 0 Å². The molecule has 0 unspecified atom stereocenters. The fourth-order valence-corrected chi connectivity index (χ4v) is 3.63. The first kappa shape index (κ1) is 16.8. The van der Waals surface area contributed by atoms with Crippen LogP contribution in [-0.2, 0) is 4.79 Å². The highest BCUT2D eigenvalue weighted by molar-refractivity contribution is 5.75. The van der Waals surface area contributed by atoms with Gasteiger partial charge in [-0.2, -0.15) is 0 Å². The summed E-state index contributed by atoms with van der Waals surface area (Å²) in [5.41, 5.74) is 1.38. The molecule has 3 rings (SSSR count). The molecule has 130 valence electrons. The fourth-order valence-electron chi connectivity index (χ4n) is 3.63. The smallest absolute Gasteiger partial charge is 0.317 e. The van der Waals surface area contributed by atoms with Gasteiger partial charge in [-0.05, 0) is 36.7 Å². The molecule has 1 aliphatic carbocycles. The number of piperidine rings is 1. The SMILES string of the molecule is CC(=O)N(C)C1CCN(C(=O)NC[C@@H]2C[C@H]2c2ccccc2)CC1. The summed E-state index contributed by atoms with van der Waals surface area (Å²) in [6.45, 7) is 3.80. The van der Waals surface area contributed by atoms with E-state index in [9.17, 15) is 9.59 Å². The van der Waals surface area contributed by atoms with Gasteiger partial charge in [0.2, 0.25) is 5.91 Å². The van der Waals surface area contributed by atoms with Crippen LogP contribution in [0.15, 0.2) is 30.3 Å². The Hall–Kier alpha value is -2.04. The second kappa shape index (κ2) is 7.24. The first-order valence-electron chi connectivity index (χ1n) is 8.87. The molecule has 0 spiro atoms. The molecule has 3 amide bonds. The Kier molecular flexibility index (Phi) is 5.07. The summed E-state index contributed by atoms with van der Waals surface area (Å²) in [6, 6.07) is 10.8. The van der Waals surface area contributed by atoms with E-state index in [2.05, 4.69) is 29.6 Å². The zero-order valence-electron chi connectivity index (χ0n) is 14.6. The van der Waals surface area contributed by atoms with Crippen molar-refractivity contribution >= 4 is 11.9 Å². The van der Waals surface area contributed by atoms with Crippen LogP contribution in [-0.4, -0.2) is 54.5 Å². The van der Waals surface area contributed by atoms with Crippen LogP contribution in [0.4, 0.5) is 4.79 Å². The summed E-state index contributed by atoms with van der Waals surface area (Å²) < 4.78 is 0. The number of hydrogen-bond donors (Lipinski definition) is 1. The number of benzene rings is 1. The van der Waals surface area contributed by atoms with Crippen LogP contribution < -0.4 is 5.32 Å². The molecule has 1 aliphatic heterocycles. The van der Waals surface area contributed by atoms with Crippen molar-refractivity contribution in [1.29, 1.82) is 0 Å². The molecular weight excluding hydrogens is 302 g/mol. The largest absolute Gasteiger partial charge is 0.343 e. The maximum Gasteiger partial charge on any atom is 0.317 e. The number of nitrogens with one attached hydrogen (secondary N) is 1. The maximum atomic E-state index is 12.3. The Bertz CT molecular complexity index is 582. The highest BCUT2D eigenvalue weighted by Gasteiger charge is 2.38. The molecule has 5 heteroatoms. The quantitative estimate of drug-likeness (QED) is 0.922. The molecule has 1 aromatic rings. The summed E-state index contributed by atoms with van der Waals surface area (Å²) in [7, 11) is 1.85. The molecule has 1 aromatic carbocycles. The average Bonchev–Trinajstić information content (AvgIpc) is 3.39. The summed E-state index contributed by atoms with van der Waals surface area (Å²) in [4.78, 5) is 27.4. The lowest BCUT2D eigenvalue weighted by atomic mass is 10.0. The van der Waals surface area contributed by atoms with Crippen molar-refractivity contribution in [1.82, 2.24) is 15.1 Å². The highest BCUT2D eigenvalue weighted by Crippen LogP contribution is 2.46. The van der Waals surface area contributed by atoms with Gasteiger partial charge in [0.15, 0.2) is 0 Å². The van der Waals surface area contributed by atoms with Crippen molar-refractivity contribution in [3.63, 3.8) is 0 Å². The van der Waals surface area contributed by atoms with Crippen molar-refractivity contribution < 1.29 is 9.59 Å². The summed E-state index contributed by atoms with van der Waals surface area (Å²) >= 11 is 0. The Balaban J connectivity index is 1.39. The number of carbonyl (C=O) groups excluding carboxylic acids is 2. The van der Waals surface area contributed by atoms with Gasteiger partial charge in [-0.1, -0.05) is 30.3 Å². The molecule has 0 bridgehead atoms. The predicted molar refractivity (Wildman–Crippen MR) is 93.7 cm³/mol. The van der Waals surface area contributed by atoms with Crippen LogP contribution in [0.25, 0.3) is 0 Å². The second-order valence-corrected chi connectivity index (χ2v) is 7.05. The van der Waals surface area contributed by atoms with Gasteiger partial charge >= 0.3 is 6.03 Å². The lowest BCUT2D eigenvalue weighted by Gasteiger charge is -2.36. The zero-order valence-corrected chi connectivity index (χ0v) is 14.6. The number of rotatable bonds is 4. The molecular formula is C19H27N3O2. The molecule has 1 heterocycles. The van der Waals surface area contributed by atoms with Crippen LogP contribution in [0.1, 0.15) is 37.7 Å². The van der Waals surface area contributed by atoms with Crippen molar-refractivity contribution in [2.45, 2.75) is 38.1 Å². The molecule has 1 N–H and O–H groups in total. The Morgan fingerprint density at radius 2 is 1.88 bits per heavy atom. The van der Waals surface area contributed by atoms with Gasteiger partial charge in [-0.15, -0.1) is 0 Å². The van der Waals surface area contributed by atoms with Gasteiger partial charge < -0.3 is 15.1 Å². The first-order chi connectivity index (χ1) is 11.6. The van der Waals surface area contributed by atoms with E-state index in [4.69, 9.17) is 0 Å². The van der Waals surface area contributed by atoms with Crippen LogP contribution in [0.3, 0.4) is 0 Å². The van der Waals surface area contributed by atoms with Gasteiger partial charge in [0, 0.05) is 39.6 Å². The third-order valence-electron chi connectivity index (χ3n) is 5.46. The van der Waals surface area contributed by atoms with Gasteiger partial charge in [0.25, 0.3) is 0 Å². The number of amides is 3. The zero-order chi connectivity index (χ0) is 17.1. The minimum atomic E-state index is 0.0395. The highest BCUT2D eigenvalue weighted by atomic mass is 16.2. The van der Waals surface area contributed by atoms with Gasteiger partial charge in [0.1, 0.15) is 0 Å². The topological polar surface area (TPSA) is 52.7 Å². The van der Waals surface area contributed by atoms with Crippen LogP contribution >= 0.6 is 0 Å². The number of nitrogens with zero attached hydrogens (tertiary/aromatic N) is 2. The summed E-state index contributed by atoms with van der Waals surface area (Å²) in [6.07, 6.45) is 2.88. The van der Waals surface area contributed by atoms with Crippen LogP contribution in [0.5, 0.6) is 0 Å². The van der Waals surface area contributed by atoms with Gasteiger partial charge in [0.05, 0.1) is 0 Å². The van der Waals surface area contributed by atoms with E-state index in [1.807, 2.05) is 18.0 Å². The van der Waals surface area contributed by atoms with E-state index < -0.39 is 0 Å². The molecule has 24 heavy (non-hydrogen) atoms. The lowest BCUT2D eigenvalue weighted by molar-refractivity contribution is -0.130.